The highest BCUT2D eigenvalue weighted by molar-refractivity contribution is 5.91. The molecular weight excluding hydrogens is 338 g/mol. The van der Waals surface area contributed by atoms with E-state index in [9.17, 15) is 14.4 Å². The standard InChI is InChI=1S/C9H18O7.C3H5NO.C3H6O/c10-1-8(2-11,3-12)7(16)9(4-13,5-14)6-15;1-2-3(4)5;1-3(2)4/h10-15H,1-6H2;2H,1H2,(H2,4,5);1-2H3. The maximum Gasteiger partial charge on any atom is 0.240 e. The Kier molecular flexibility index (Phi) is 16.5. The fourth-order valence-corrected chi connectivity index (χ4v) is 1.29. The van der Waals surface area contributed by atoms with Gasteiger partial charge in [0.15, 0.2) is 5.78 Å². The van der Waals surface area contributed by atoms with Crippen LogP contribution in [0.1, 0.15) is 13.8 Å². The molecule has 0 aromatic heterocycles. The van der Waals surface area contributed by atoms with Crippen molar-refractivity contribution in [2.45, 2.75) is 13.8 Å². The summed E-state index contributed by atoms with van der Waals surface area (Å²) in [7, 11) is 0. The minimum absolute atomic E-state index is 0.167. The summed E-state index contributed by atoms with van der Waals surface area (Å²) in [5.41, 5.74) is 0.773. The Morgan fingerprint density at radius 2 is 0.960 bits per heavy atom. The maximum absolute atomic E-state index is 11.9. The van der Waals surface area contributed by atoms with E-state index in [2.05, 4.69) is 12.3 Å². The average Bonchev–Trinajstić information content (AvgIpc) is 2.59. The lowest BCUT2D eigenvalue weighted by Gasteiger charge is -2.35. The van der Waals surface area contributed by atoms with Crippen LogP contribution in [0.3, 0.4) is 0 Å². The van der Waals surface area contributed by atoms with Crippen molar-refractivity contribution in [1.29, 1.82) is 0 Å². The van der Waals surface area contributed by atoms with Gasteiger partial charge < -0.3 is 41.2 Å². The molecule has 0 rings (SSSR count). The lowest BCUT2D eigenvalue weighted by atomic mass is 9.71. The molecule has 0 fully saturated rings. The van der Waals surface area contributed by atoms with E-state index in [1.165, 1.54) is 13.8 Å². The number of carbonyl (C=O) groups excluding carboxylic acids is 3. The molecule has 0 radical (unpaired) electrons. The summed E-state index contributed by atoms with van der Waals surface area (Å²) in [5, 5.41) is 54.1. The first-order valence-electron chi connectivity index (χ1n) is 7.12. The van der Waals surface area contributed by atoms with Gasteiger partial charge in [0.2, 0.25) is 5.91 Å². The molecule has 0 bridgehead atoms. The van der Waals surface area contributed by atoms with Crippen molar-refractivity contribution in [3.63, 3.8) is 0 Å². The van der Waals surface area contributed by atoms with E-state index in [1.54, 1.807) is 0 Å². The van der Waals surface area contributed by atoms with Gasteiger partial charge in [-0.3, -0.25) is 9.59 Å². The third-order valence-electron chi connectivity index (χ3n) is 2.98. The third kappa shape index (κ3) is 10.0. The van der Waals surface area contributed by atoms with Crippen molar-refractivity contribution >= 4 is 17.5 Å². The second-order valence-corrected chi connectivity index (χ2v) is 5.35. The van der Waals surface area contributed by atoms with Crippen LogP contribution in [-0.4, -0.2) is 87.8 Å². The van der Waals surface area contributed by atoms with Gasteiger partial charge in [0.25, 0.3) is 0 Å². The SMILES string of the molecule is C=CC(N)=O.CC(C)=O.O=C(C(CO)(CO)CO)C(CO)(CO)CO. The van der Waals surface area contributed by atoms with Gasteiger partial charge in [-0.1, -0.05) is 6.58 Å². The van der Waals surface area contributed by atoms with Gasteiger partial charge in [-0.15, -0.1) is 0 Å². The van der Waals surface area contributed by atoms with E-state index in [0.29, 0.717) is 0 Å². The van der Waals surface area contributed by atoms with Crippen LogP contribution in [0.15, 0.2) is 12.7 Å². The summed E-state index contributed by atoms with van der Waals surface area (Å²) in [6.45, 7) is 1.06. The Labute approximate surface area is 146 Å². The number of ketones is 2. The number of hydrogen-bond acceptors (Lipinski definition) is 9. The number of primary amides is 1. The van der Waals surface area contributed by atoms with Crippen LogP contribution >= 0.6 is 0 Å². The second-order valence-electron chi connectivity index (χ2n) is 5.35. The Morgan fingerprint density at radius 3 is 1.04 bits per heavy atom. The van der Waals surface area contributed by atoms with Gasteiger partial charge in [0.1, 0.15) is 5.78 Å². The number of nitrogens with two attached hydrogens (primary N) is 1. The molecule has 0 saturated carbocycles. The second kappa shape index (κ2) is 14.6. The van der Waals surface area contributed by atoms with Crippen LogP contribution in [0.5, 0.6) is 0 Å². The minimum atomic E-state index is -1.88. The quantitative estimate of drug-likeness (QED) is 0.204. The van der Waals surface area contributed by atoms with Gasteiger partial charge >= 0.3 is 0 Å². The van der Waals surface area contributed by atoms with Crippen LogP contribution in [0, 0.1) is 10.8 Å². The maximum atomic E-state index is 11.9. The van der Waals surface area contributed by atoms with Crippen LogP contribution in [0.25, 0.3) is 0 Å². The predicted molar refractivity (Wildman–Crippen MR) is 88.1 cm³/mol. The van der Waals surface area contributed by atoms with Crippen molar-refractivity contribution in [2.75, 3.05) is 39.6 Å². The first-order chi connectivity index (χ1) is 11.5. The predicted octanol–water partition coefficient (Wildman–Crippen LogP) is -3.26. The Balaban J connectivity index is -0.000000442. The highest BCUT2D eigenvalue weighted by Crippen LogP contribution is 2.29. The molecule has 0 heterocycles. The number of Topliss-reactive ketones (excluding diaryl/α,β-unsaturated/α-hetero) is 2. The van der Waals surface area contributed by atoms with E-state index in [4.69, 9.17) is 30.6 Å². The smallest absolute Gasteiger partial charge is 0.240 e. The molecule has 0 atom stereocenters. The summed E-state index contributed by atoms with van der Waals surface area (Å²) in [5.74, 6) is -1.29. The van der Waals surface area contributed by atoms with E-state index >= 15 is 0 Å². The van der Waals surface area contributed by atoms with Crippen molar-refractivity contribution in [3.05, 3.63) is 12.7 Å². The highest BCUT2D eigenvalue weighted by Gasteiger charge is 2.49. The van der Waals surface area contributed by atoms with Crippen LogP contribution in [0.4, 0.5) is 0 Å². The number of amides is 1. The monoisotopic (exact) mass is 367 g/mol. The fourth-order valence-electron chi connectivity index (χ4n) is 1.29. The van der Waals surface area contributed by atoms with Crippen molar-refractivity contribution < 1.29 is 45.0 Å². The molecule has 1 amide bonds. The molecule has 0 aliphatic rings. The van der Waals surface area contributed by atoms with Crippen molar-refractivity contribution in [2.24, 2.45) is 16.6 Å². The molecule has 10 nitrogen and oxygen atoms in total. The fraction of sp³-hybridized carbons (Fsp3) is 0.667. The zero-order valence-electron chi connectivity index (χ0n) is 14.5. The van der Waals surface area contributed by atoms with Crippen LogP contribution in [0.2, 0.25) is 0 Å². The summed E-state index contributed by atoms with van der Waals surface area (Å²) in [6.07, 6.45) is 1.06. The molecule has 0 aliphatic heterocycles. The Hall–Kier alpha value is -1.69. The number of rotatable bonds is 9. The summed E-state index contributed by atoms with van der Waals surface area (Å²) in [4.78, 5) is 30.8. The lowest BCUT2D eigenvalue weighted by molar-refractivity contribution is -0.157. The molecule has 0 aromatic rings. The first-order valence-corrected chi connectivity index (χ1v) is 7.12. The van der Waals surface area contributed by atoms with Crippen molar-refractivity contribution in [3.8, 4) is 0 Å². The lowest BCUT2D eigenvalue weighted by Crippen LogP contribution is -2.55. The van der Waals surface area contributed by atoms with Crippen LogP contribution in [-0.2, 0) is 14.4 Å². The Bertz CT molecular complexity index is 373. The Morgan fingerprint density at radius 1 is 0.800 bits per heavy atom. The average molecular weight is 367 g/mol. The van der Waals surface area contributed by atoms with E-state index in [-0.39, 0.29) is 5.78 Å². The van der Waals surface area contributed by atoms with Gasteiger partial charge in [0, 0.05) is 0 Å². The van der Waals surface area contributed by atoms with Gasteiger partial charge in [-0.05, 0) is 19.9 Å². The van der Waals surface area contributed by atoms with Gasteiger partial charge in [0.05, 0.1) is 50.5 Å². The zero-order valence-corrected chi connectivity index (χ0v) is 14.5. The van der Waals surface area contributed by atoms with E-state index in [1.807, 2.05) is 0 Å². The molecule has 0 spiro atoms. The molecular formula is C15H29NO9. The molecule has 25 heavy (non-hydrogen) atoms. The zero-order chi connectivity index (χ0) is 20.7. The molecule has 0 saturated heterocycles. The van der Waals surface area contributed by atoms with E-state index < -0.39 is 62.2 Å². The normalized spacial score (nSPS) is 10.6. The first kappa shape index (κ1) is 28.1. The van der Waals surface area contributed by atoms with Crippen LogP contribution < -0.4 is 5.73 Å². The number of aliphatic hydroxyl groups excluding tert-OH is 6. The summed E-state index contributed by atoms with van der Waals surface area (Å²) >= 11 is 0. The number of carbonyl (C=O) groups is 3. The third-order valence-corrected chi connectivity index (χ3v) is 2.98. The van der Waals surface area contributed by atoms with Gasteiger partial charge in [-0.2, -0.15) is 0 Å². The van der Waals surface area contributed by atoms with Gasteiger partial charge in [-0.25, -0.2) is 0 Å². The topological polar surface area (TPSA) is 199 Å². The molecule has 0 aliphatic carbocycles. The number of aliphatic hydroxyl groups is 6. The molecule has 148 valence electrons. The summed E-state index contributed by atoms with van der Waals surface area (Å²) in [6, 6.07) is 0. The molecule has 8 N–H and O–H groups in total. The van der Waals surface area contributed by atoms with E-state index in [0.717, 1.165) is 6.08 Å². The minimum Gasteiger partial charge on any atom is -0.395 e. The molecule has 10 heteroatoms. The molecule has 0 unspecified atom stereocenters. The number of hydrogen-bond donors (Lipinski definition) is 7. The summed E-state index contributed by atoms with van der Waals surface area (Å²) < 4.78 is 0. The molecule has 0 aromatic carbocycles. The van der Waals surface area contributed by atoms with Crippen molar-refractivity contribution in [1.82, 2.24) is 0 Å². The largest absolute Gasteiger partial charge is 0.395 e. The highest BCUT2D eigenvalue weighted by atomic mass is 16.3.